The highest BCUT2D eigenvalue weighted by molar-refractivity contribution is 6.23. The van der Waals surface area contributed by atoms with Gasteiger partial charge in [-0.3, -0.25) is 4.98 Å². The topological polar surface area (TPSA) is 51.6 Å². The SMILES string of the molecule is c1ccc(-c2ccc(-c3cc(-c4ncc(-c5nc6ccccc6c6c5ccc5ccccc56)c5ccccc45)nc(-c4ccccc4)n3)cc2)cc1. The van der Waals surface area contributed by atoms with Crippen molar-refractivity contribution in [3.05, 3.63) is 182 Å². The van der Waals surface area contributed by atoms with Crippen LogP contribution in [0.1, 0.15) is 0 Å². The zero-order valence-corrected chi connectivity index (χ0v) is 28.1. The number of pyridine rings is 2. The van der Waals surface area contributed by atoms with E-state index in [1.54, 1.807) is 0 Å². The number of fused-ring (bicyclic) bond motifs is 6. The molecule has 3 heterocycles. The summed E-state index contributed by atoms with van der Waals surface area (Å²) in [5, 5.41) is 7.95. The number of benzene rings is 7. The van der Waals surface area contributed by atoms with Crippen molar-refractivity contribution in [2.75, 3.05) is 0 Å². The Morgan fingerprint density at radius 2 is 0.942 bits per heavy atom. The predicted octanol–water partition coefficient (Wildman–Crippen LogP) is 12.2. The molecule has 0 saturated carbocycles. The zero-order valence-electron chi connectivity index (χ0n) is 28.1. The molecular formula is C48H30N4. The standard InChI is InChI=1S/C48H30N4/c1-3-13-31(14-4-1)32-23-25-34(26-24-32)43-29-44(52-48(51-43)35-16-5-2-6-17-35)47-38-20-10-9-19-37(38)41(30-49-47)46-40-28-27-33-15-7-8-18-36(33)45(40)39-21-11-12-22-42(39)50-46/h1-30H. The van der Waals surface area contributed by atoms with Crippen LogP contribution in [0.4, 0.5) is 0 Å². The maximum atomic E-state index is 5.30. The smallest absolute Gasteiger partial charge is 0.160 e. The van der Waals surface area contributed by atoms with Crippen LogP contribution in [0.25, 0.3) is 99.6 Å². The Hall–Kier alpha value is -7.04. The van der Waals surface area contributed by atoms with Gasteiger partial charge in [-0.1, -0.05) is 164 Å². The normalized spacial score (nSPS) is 11.5. The minimum Gasteiger partial charge on any atom is -0.253 e. The molecule has 3 aromatic heterocycles. The maximum Gasteiger partial charge on any atom is 0.160 e. The van der Waals surface area contributed by atoms with Crippen molar-refractivity contribution in [2.45, 2.75) is 0 Å². The van der Waals surface area contributed by atoms with Gasteiger partial charge in [0, 0.05) is 44.4 Å². The third-order valence-corrected chi connectivity index (χ3v) is 9.93. The molecule has 10 aromatic rings. The van der Waals surface area contributed by atoms with Gasteiger partial charge < -0.3 is 0 Å². The van der Waals surface area contributed by atoms with E-state index >= 15 is 0 Å². The van der Waals surface area contributed by atoms with Crippen LogP contribution in [0.5, 0.6) is 0 Å². The van der Waals surface area contributed by atoms with E-state index < -0.39 is 0 Å². The summed E-state index contributed by atoms with van der Waals surface area (Å²) in [6.45, 7) is 0. The molecule has 0 aliphatic heterocycles. The van der Waals surface area contributed by atoms with Gasteiger partial charge in [-0.15, -0.1) is 0 Å². The lowest BCUT2D eigenvalue weighted by molar-refractivity contribution is 1.17. The molecule has 0 radical (unpaired) electrons. The van der Waals surface area contributed by atoms with Crippen molar-refractivity contribution in [1.82, 2.24) is 19.9 Å². The van der Waals surface area contributed by atoms with Gasteiger partial charge in [0.2, 0.25) is 0 Å². The Labute approximate surface area is 300 Å². The van der Waals surface area contributed by atoms with E-state index in [9.17, 15) is 0 Å². The number of hydrogen-bond acceptors (Lipinski definition) is 4. The summed E-state index contributed by atoms with van der Waals surface area (Å²) < 4.78 is 0. The minimum atomic E-state index is 0.657. The maximum absolute atomic E-state index is 5.30. The van der Waals surface area contributed by atoms with Gasteiger partial charge in [-0.05, 0) is 39.4 Å². The van der Waals surface area contributed by atoms with E-state index in [4.69, 9.17) is 19.9 Å². The van der Waals surface area contributed by atoms with E-state index in [0.717, 1.165) is 72.1 Å². The monoisotopic (exact) mass is 662 g/mol. The molecule has 4 heteroatoms. The molecule has 0 spiro atoms. The molecule has 0 aliphatic rings. The molecule has 4 nitrogen and oxygen atoms in total. The first-order valence-corrected chi connectivity index (χ1v) is 17.5. The molecule has 52 heavy (non-hydrogen) atoms. The second kappa shape index (κ2) is 12.4. The van der Waals surface area contributed by atoms with Crippen molar-refractivity contribution in [3.8, 4) is 56.4 Å². The Kier molecular flexibility index (Phi) is 7.10. The van der Waals surface area contributed by atoms with Crippen LogP contribution in [0, 0.1) is 0 Å². The first-order valence-electron chi connectivity index (χ1n) is 17.5. The first-order chi connectivity index (χ1) is 25.8. The van der Waals surface area contributed by atoms with E-state index in [0.29, 0.717) is 5.82 Å². The summed E-state index contributed by atoms with van der Waals surface area (Å²) in [5.41, 5.74) is 9.58. The average molecular weight is 663 g/mol. The van der Waals surface area contributed by atoms with Gasteiger partial charge >= 0.3 is 0 Å². The molecule has 242 valence electrons. The highest BCUT2D eigenvalue weighted by atomic mass is 14.9. The fraction of sp³-hybridized carbons (Fsp3) is 0. The van der Waals surface area contributed by atoms with Gasteiger partial charge in [-0.2, -0.15) is 0 Å². The second-order valence-electron chi connectivity index (χ2n) is 13.0. The summed E-state index contributed by atoms with van der Waals surface area (Å²) >= 11 is 0. The van der Waals surface area contributed by atoms with Gasteiger partial charge in [-0.25, -0.2) is 15.0 Å². The van der Waals surface area contributed by atoms with Crippen LogP contribution in [0.3, 0.4) is 0 Å². The summed E-state index contributed by atoms with van der Waals surface area (Å²) in [7, 11) is 0. The lowest BCUT2D eigenvalue weighted by Gasteiger charge is -2.15. The molecule has 0 saturated heterocycles. The van der Waals surface area contributed by atoms with E-state index in [2.05, 4.69) is 152 Å². The van der Waals surface area contributed by atoms with E-state index in [1.807, 2.05) is 30.5 Å². The lowest BCUT2D eigenvalue weighted by atomic mass is 9.93. The molecule has 0 fully saturated rings. The molecule has 7 aromatic carbocycles. The van der Waals surface area contributed by atoms with Crippen LogP contribution in [0.15, 0.2) is 182 Å². The number of nitrogens with zero attached hydrogens (tertiary/aromatic N) is 4. The number of rotatable bonds is 5. The molecule has 0 aliphatic carbocycles. The third kappa shape index (κ3) is 5.09. The van der Waals surface area contributed by atoms with Crippen LogP contribution >= 0.6 is 0 Å². The first kappa shape index (κ1) is 29.8. The van der Waals surface area contributed by atoms with Crippen LogP contribution in [-0.2, 0) is 0 Å². The zero-order chi connectivity index (χ0) is 34.4. The van der Waals surface area contributed by atoms with Crippen molar-refractivity contribution in [3.63, 3.8) is 0 Å². The summed E-state index contributed by atoms with van der Waals surface area (Å²) in [5.74, 6) is 0.657. The molecule has 0 N–H and O–H groups in total. The fourth-order valence-electron chi connectivity index (χ4n) is 7.41. The largest absolute Gasteiger partial charge is 0.253 e. The third-order valence-electron chi connectivity index (χ3n) is 9.93. The van der Waals surface area contributed by atoms with E-state index in [-0.39, 0.29) is 0 Å². The molecule has 0 amide bonds. The van der Waals surface area contributed by atoms with Gasteiger partial charge in [0.15, 0.2) is 5.82 Å². The quantitative estimate of drug-likeness (QED) is 0.172. The Morgan fingerprint density at radius 3 is 1.73 bits per heavy atom. The molecule has 0 bridgehead atoms. The summed E-state index contributed by atoms with van der Waals surface area (Å²) in [6, 6.07) is 61.1. The molecular weight excluding hydrogens is 633 g/mol. The van der Waals surface area contributed by atoms with Crippen LogP contribution in [-0.4, -0.2) is 19.9 Å². The van der Waals surface area contributed by atoms with Crippen LogP contribution < -0.4 is 0 Å². The highest BCUT2D eigenvalue weighted by Crippen LogP contribution is 2.41. The van der Waals surface area contributed by atoms with Gasteiger partial charge in [0.05, 0.1) is 28.3 Å². The Balaban J connectivity index is 1.18. The summed E-state index contributed by atoms with van der Waals surface area (Å²) in [6.07, 6.45) is 1.97. The molecule has 10 rings (SSSR count). The lowest BCUT2D eigenvalue weighted by Crippen LogP contribution is -1.99. The summed E-state index contributed by atoms with van der Waals surface area (Å²) in [4.78, 5) is 20.7. The number of para-hydroxylation sites is 1. The predicted molar refractivity (Wildman–Crippen MR) is 215 cm³/mol. The van der Waals surface area contributed by atoms with Crippen molar-refractivity contribution in [2.24, 2.45) is 0 Å². The second-order valence-corrected chi connectivity index (χ2v) is 13.0. The van der Waals surface area contributed by atoms with Crippen molar-refractivity contribution in [1.29, 1.82) is 0 Å². The highest BCUT2D eigenvalue weighted by Gasteiger charge is 2.19. The minimum absolute atomic E-state index is 0.657. The Morgan fingerprint density at radius 1 is 0.346 bits per heavy atom. The average Bonchev–Trinajstić information content (AvgIpc) is 3.23. The fourth-order valence-corrected chi connectivity index (χ4v) is 7.41. The Bertz CT molecular complexity index is 2920. The number of aromatic nitrogens is 4. The van der Waals surface area contributed by atoms with Crippen molar-refractivity contribution >= 4 is 43.2 Å². The number of hydrogen-bond donors (Lipinski definition) is 0. The van der Waals surface area contributed by atoms with Gasteiger partial charge in [0.1, 0.15) is 0 Å². The van der Waals surface area contributed by atoms with E-state index in [1.165, 1.54) is 21.7 Å². The van der Waals surface area contributed by atoms with Crippen molar-refractivity contribution < 1.29 is 0 Å². The molecule has 0 unspecified atom stereocenters. The molecule has 0 atom stereocenters. The van der Waals surface area contributed by atoms with Gasteiger partial charge in [0.25, 0.3) is 0 Å². The van der Waals surface area contributed by atoms with Crippen LogP contribution in [0.2, 0.25) is 0 Å².